The molecule has 0 aliphatic rings. The first kappa shape index (κ1) is 16.2. The molecule has 0 heterocycles. The van der Waals surface area contributed by atoms with Gasteiger partial charge >= 0.3 is 5.97 Å². The summed E-state index contributed by atoms with van der Waals surface area (Å²) in [4.78, 5) is 11.0. The molecule has 4 heteroatoms. The van der Waals surface area contributed by atoms with Gasteiger partial charge < -0.3 is 5.11 Å². The van der Waals surface area contributed by atoms with E-state index in [0.29, 0.717) is 0 Å². The van der Waals surface area contributed by atoms with E-state index in [0.717, 1.165) is 24.3 Å². The standard InChI is InChI=1S/C12H24O2S2/c1-3-5-7-9-15-12(11(13)14)16-10-8-6-4-2/h12H,3-10H2,1-2H3,(H,13,14). The Kier molecular flexibility index (Phi) is 11.8. The number of carboxylic acid groups (broad SMARTS) is 1. The van der Waals surface area contributed by atoms with Gasteiger partial charge in [-0.2, -0.15) is 0 Å². The number of rotatable bonds is 11. The molecule has 0 aliphatic heterocycles. The first-order valence-electron chi connectivity index (χ1n) is 6.18. The molecule has 1 N–H and O–H groups in total. The SMILES string of the molecule is CCCCCSC(SCCCCC)C(=O)O. The van der Waals surface area contributed by atoms with E-state index in [4.69, 9.17) is 5.11 Å². The highest BCUT2D eigenvalue weighted by molar-refractivity contribution is 8.18. The number of thioether (sulfide) groups is 2. The molecule has 0 aliphatic carbocycles. The van der Waals surface area contributed by atoms with Gasteiger partial charge in [0, 0.05) is 0 Å². The molecule has 2 nitrogen and oxygen atoms in total. The quantitative estimate of drug-likeness (QED) is 0.447. The van der Waals surface area contributed by atoms with Gasteiger partial charge in [0.2, 0.25) is 0 Å². The van der Waals surface area contributed by atoms with Crippen molar-refractivity contribution >= 4 is 29.5 Å². The molecular weight excluding hydrogens is 240 g/mol. The number of carbonyl (C=O) groups is 1. The third-order valence-electron chi connectivity index (χ3n) is 2.24. The molecule has 0 bridgehead atoms. The lowest BCUT2D eigenvalue weighted by Crippen LogP contribution is -2.13. The van der Waals surface area contributed by atoms with Crippen LogP contribution in [0.15, 0.2) is 0 Å². The molecule has 0 aromatic heterocycles. The first-order chi connectivity index (χ1) is 7.72. The maximum Gasteiger partial charge on any atom is 0.326 e. The minimum atomic E-state index is -0.664. The van der Waals surface area contributed by atoms with Crippen LogP contribution in [0.3, 0.4) is 0 Å². The van der Waals surface area contributed by atoms with Crippen molar-refractivity contribution in [1.82, 2.24) is 0 Å². The third-order valence-corrected chi connectivity index (χ3v) is 5.11. The van der Waals surface area contributed by atoms with Crippen molar-refractivity contribution in [2.75, 3.05) is 11.5 Å². The van der Waals surface area contributed by atoms with E-state index in [1.807, 2.05) is 0 Å². The van der Waals surface area contributed by atoms with Gasteiger partial charge in [-0.15, -0.1) is 23.5 Å². The molecule has 0 aromatic carbocycles. The number of unbranched alkanes of at least 4 members (excludes halogenated alkanes) is 4. The van der Waals surface area contributed by atoms with Crippen LogP contribution in [-0.4, -0.2) is 27.2 Å². The summed E-state index contributed by atoms with van der Waals surface area (Å²) in [6.45, 7) is 4.33. The predicted molar refractivity (Wildman–Crippen MR) is 75.4 cm³/mol. The zero-order chi connectivity index (χ0) is 12.2. The molecule has 0 radical (unpaired) electrons. The second kappa shape index (κ2) is 11.6. The molecule has 0 atom stereocenters. The van der Waals surface area contributed by atoms with Gasteiger partial charge in [0.05, 0.1) is 0 Å². The van der Waals surface area contributed by atoms with E-state index in [1.165, 1.54) is 25.7 Å². The lowest BCUT2D eigenvalue weighted by Gasteiger charge is -2.11. The Labute approximate surface area is 108 Å². The van der Waals surface area contributed by atoms with E-state index in [1.54, 1.807) is 23.5 Å². The van der Waals surface area contributed by atoms with Crippen LogP contribution in [0.4, 0.5) is 0 Å². The first-order valence-corrected chi connectivity index (χ1v) is 8.28. The summed E-state index contributed by atoms with van der Waals surface area (Å²) in [6, 6.07) is 0. The Morgan fingerprint density at radius 3 is 1.75 bits per heavy atom. The van der Waals surface area contributed by atoms with Gasteiger partial charge in [0.1, 0.15) is 4.58 Å². The normalized spacial score (nSPS) is 10.9. The van der Waals surface area contributed by atoms with Crippen LogP contribution in [-0.2, 0) is 4.79 Å². The molecule has 0 spiro atoms. The number of aliphatic carboxylic acids is 1. The van der Waals surface area contributed by atoms with Crippen molar-refractivity contribution in [1.29, 1.82) is 0 Å². The highest BCUT2D eigenvalue weighted by atomic mass is 32.2. The maximum atomic E-state index is 11.0. The van der Waals surface area contributed by atoms with Crippen molar-refractivity contribution in [3.05, 3.63) is 0 Å². The van der Waals surface area contributed by atoms with Crippen LogP contribution in [0.1, 0.15) is 52.4 Å². The molecular formula is C12H24O2S2. The molecule has 96 valence electrons. The fraction of sp³-hybridized carbons (Fsp3) is 0.917. The van der Waals surface area contributed by atoms with Gasteiger partial charge in [-0.05, 0) is 24.3 Å². The molecule has 0 saturated heterocycles. The van der Waals surface area contributed by atoms with Crippen LogP contribution in [0.2, 0.25) is 0 Å². The molecule has 0 unspecified atom stereocenters. The molecule has 16 heavy (non-hydrogen) atoms. The summed E-state index contributed by atoms with van der Waals surface area (Å²) >= 11 is 3.18. The number of carboxylic acids is 1. The van der Waals surface area contributed by atoms with E-state index in [2.05, 4.69) is 13.8 Å². The lowest BCUT2D eigenvalue weighted by molar-refractivity contribution is -0.134. The molecule has 0 saturated carbocycles. The van der Waals surface area contributed by atoms with Crippen molar-refractivity contribution in [2.45, 2.75) is 57.0 Å². The third kappa shape index (κ3) is 9.40. The van der Waals surface area contributed by atoms with Crippen LogP contribution in [0.5, 0.6) is 0 Å². The highest BCUT2D eigenvalue weighted by Crippen LogP contribution is 2.26. The van der Waals surface area contributed by atoms with E-state index in [9.17, 15) is 4.79 Å². The van der Waals surface area contributed by atoms with Gasteiger partial charge in [-0.1, -0.05) is 39.5 Å². The van der Waals surface area contributed by atoms with Crippen molar-refractivity contribution in [3.63, 3.8) is 0 Å². The maximum absolute atomic E-state index is 11.0. The average molecular weight is 264 g/mol. The summed E-state index contributed by atoms with van der Waals surface area (Å²) in [5.41, 5.74) is 0. The Hall–Kier alpha value is 0.170. The van der Waals surface area contributed by atoms with Gasteiger partial charge in [-0.3, -0.25) is 4.79 Å². The van der Waals surface area contributed by atoms with Crippen LogP contribution < -0.4 is 0 Å². The van der Waals surface area contributed by atoms with Crippen LogP contribution >= 0.6 is 23.5 Å². The molecule has 0 amide bonds. The summed E-state index contributed by atoms with van der Waals surface area (Å²) in [7, 11) is 0. The second-order valence-electron chi connectivity index (χ2n) is 3.83. The molecule has 0 fully saturated rings. The van der Waals surface area contributed by atoms with Crippen molar-refractivity contribution < 1.29 is 9.90 Å². The summed E-state index contributed by atoms with van der Waals surface area (Å²) < 4.78 is -0.256. The monoisotopic (exact) mass is 264 g/mol. The number of hydrogen-bond donors (Lipinski definition) is 1. The average Bonchev–Trinajstić information content (AvgIpc) is 2.26. The Balaban J connectivity index is 3.59. The van der Waals surface area contributed by atoms with Gasteiger partial charge in [0.25, 0.3) is 0 Å². The predicted octanol–water partition coefficient (Wildman–Crippen LogP) is 4.24. The molecule has 0 rings (SSSR count). The minimum absolute atomic E-state index is 0.256. The summed E-state index contributed by atoms with van der Waals surface area (Å²) in [5.74, 6) is 1.29. The van der Waals surface area contributed by atoms with Crippen molar-refractivity contribution in [3.8, 4) is 0 Å². The van der Waals surface area contributed by atoms with Crippen LogP contribution in [0, 0.1) is 0 Å². The second-order valence-corrected chi connectivity index (χ2v) is 6.55. The molecule has 0 aromatic rings. The smallest absolute Gasteiger partial charge is 0.326 e. The largest absolute Gasteiger partial charge is 0.480 e. The van der Waals surface area contributed by atoms with Gasteiger partial charge in [0.15, 0.2) is 0 Å². The number of hydrogen-bond acceptors (Lipinski definition) is 3. The van der Waals surface area contributed by atoms with Gasteiger partial charge in [-0.25, -0.2) is 0 Å². The fourth-order valence-electron chi connectivity index (χ4n) is 1.28. The Bertz CT molecular complexity index is 162. The summed E-state index contributed by atoms with van der Waals surface area (Å²) in [6.07, 6.45) is 7.09. The van der Waals surface area contributed by atoms with E-state index in [-0.39, 0.29) is 4.58 Å². The minimum Gasteiger partial charge on any atom is -0.480 e. The Morgan fingerprint density at radius 1 is 1.00 bits per heavy atom. The highest BCUT2D eigenvalue weighted by Gasteiger charge is 2.17. The fourth-order valence-corrected chi connectivity index (χ4v) is 3.69. The van der Waals surface area contributed by atoms with E-state index < -0.39 is 5.97 Å². The zero-order valence-electron chi connectivity index (χ0n) is 10.4. The van der Waals surface area contributed by atoms with Crippen LogP contribution in [0.25, 0.3) is 0 Å². The Morgan fingerprint density at radius 2 is 1.44 bits per heavy atom. The summed E-state index contributed by atoms with van der Waals surface area (Å²) in [5, 5.41) is 9.04. The zero-order valence-corrected chi connectivity index (χ0v) is 12.0. The van der Waals surface area contributed by atoms with E-state index >= 15 is 0 Å². The van der Waals surface area contributed by atoms with Crippen molar-refractivity contribution in [2.24, 2.45) is 0 Å². The lowest BCUT2D eigenvalue weighted by atomic mass is 10.3. The topological polar surface area (TPSA) is 37.3 Å².